The summed E-state index contributed by atoms with van der Waals surface area (Å²) < 4.78 is 29.2. The average Bonchev–Trinajstić information content (AvgIpc) is 3.38. The molecule has 0 saturated carbocycles. The van der Waals surface area contributed by atoms with Gasteiger partial charge in [0.2, 0.25) is 0 Å². The summed E-state index contributed by atoms with van der Waals surface area (Å²) in [4.78, 5) is 27.0. The highest BCUT2D eigenvalue weighted by Gasteiger charge is 2.30. The van der Waals surface area contributed by atoms with Crippen molar-refractivity contribution in [3.63, 3.8) is 0 Å². The van der Waals surface area contributed by atoms with Crippen molar-refractivity contribution in [3.8, 4) is 0 Å². The molecule has 4 N–H and O–H groups in total. The molecule has 1 saturated heterocycles. The summed E-state index contributed by atoms with van der Waals surface area (Å²) in [5.74, 6) is -1.27. The van der Waals surface area contributed by atoms with E-state index < -0.39 is 16.0 Å². The van der Waals surface area contributed by atoms with Crippen molar-refractivity contribution in [2.24, 2.45) is 5.92 Å². The normalized spacial score (nSPS) is 16.5. The Morgan fingerprint density at radius 1 is 0.867 bits per heavy atom. The molecule has 2 aliphatic rings. The van der Waals surface area contributed by atoms with Crippen LogP contribution in [0.4, 0.5) is 17.1 Å². The second kappa shape index (κ2) is 13.0. The highest BCUT2D eigenvalue weighted by atomic mass is 32.2. The van der Waals surface area contributed by atoms with Crippen LogP contribution >= 0.6 is 0 Å². The van der Waals surface area contributed by atoms with E-state index in [0.717, 1.165) is 42.9 Å². The van der Waals surface area contributed by atoms with Crippen LogP contribution in [-0.2, 0) is 26.0 Å². The van der Waals surface area contributed by atoms with Crippen LogP contribution in [-0.4, -0.2) is 49.9 Å². The minimum atomic E-state index is -3.91. The maximum absolute atomic E-state index is 13.4. The molecule has 45 heavy (non-hydrogen) atoms. The third kappa shape index (κ3) is 6.92. The number of amides is 1. The average molecular weight is 623 g/mol. The van der Waals surface area contributed by atoms with Crippen LogP contribution in [0, 0.1) is 5.92 Å². The number of piperidine rings is 1. The van der Waals surface area contributed by atoms with Gasteiger partial charge >= 0.3 is 5.97 Å². The summed E-state index contributed by atoms with van der Waals surface area (Å²) in [5, 5.41) is 15.6. The Morgan fingerprint density at radius 3 is 2.20 bits per heavy atom. The van der Waals surface area contributed by atoms with Crippen molar-refractivity contribution in [1.82, 2.24) is 4.90 Å². The fourth-order valence-corrected chi connectivity index (χ4v) is 6.84. The lowest BCUT2D eigenvalue weighted by molar-refractivity contribution is -0.143. The van der Waals surface area contributed by atoms with Crippen LogP contribution in [0.15, 0.2) is 108 Å². The molecule has 4 aromatic carbocycles. The molecule has 0 radical (unpaired) electrons. The van der Waals surface area contributed by atoms with Crippen molar-refractivity contribution in [3.05, 3.63) is 120 Å². The van der Waals surface area contributed by atoms with Gasteiger partial charge in [0.15, 0.2) is 0 Å². The number of likely N-dealkylation sites (tertiary alicyclic amines) is 1. The number of rotatable bonds is 10. The van der Waals surface area contributed by atoms with Crippen LogP contribution in [0.5, 0.6) is 0 Å². The van der Waals surface area contributed by atoms with Crippen LogP contribution in [0.2, 0.25) is 0 Å². The molecule has 1 fully saturated rings. The molecule has 4 aromatic rings. The first-order valence-electron chi connectivity index (χ1n) is 14.9. The van der Waals surface area contributed by atoms with E-state index >= 15 is 0 Å². The first kappa shape index (κ1) is 30.1. The second-order valence-corrected chi connectivity index (χ2v) is 13.0. The summed E-state index contributed by atoms with van der Waals surface area (Å²) in [6.07, 6.45) is 2.21. The van der Waals surface area contributed by atoms with Gasteiger partial charge in [-0.2, -0.15) is 0 Å². The van der Waals surface area contributed by atoms with Gasteiger partial charge in [0.1, 0.15) is 0 Å². The molecule has 0 bridgehead atoms. The van der Waals surface area contributed by atoms with Gasteiger partial charge in [0.25, 0.3) is 15.9 Å². The monoisotopic (exact) mass is 622 g/mol. The molecule has 1 amide bonds. The Hall–Kier alpha value is -4.93. The third-order valence-electron chi connectivity index (χ3n) is 8.26. The van der Waals surface area contributed by atoms with Gasteiger partial charge in [-0.05, 0) is 85.9 Å². The van der Waals surface area contributed by atoms with E-state index in [2.05, 4.69) is 20.3 Å². The first-order valence-corrected chi connectivity index (χ1v) is 16.4. The molecule has 0 aliphatic carbocycles. The number of carboxylic acids is 1. The summed E-state index contributed by atoms with van der Waals surface area (Å²) in [7, 11) is -3.91. The van der Waals surface area contributed by atoms with Crippen molar-refractivity contribution in [2.75, 3.05) is 35.0 Å². The van der Waals surface area contributed by atoms with E-state index in [1.807, 2.05) is 60.7 Å². The number of carboxylic acid groups (broad SMARTS) is 1. The lowest BCUT2D eigenvalue weighted by atomic mass is 9.97. The quantitative estimate of drug-likeness (QED) is 0.166. The number of benzene rings is 4. The minimum absolute atomic E-state index is 0.0445. The zero-order valence-corrected chi connectivity index (χ0v) is 25.4. The van der Waals surface area contributed by atoms with Gasteiger partial charge in [-0.15, -0.1) is 0 Å². The number of para-hydroxylation sites is 1. The van der Waals surface area contributed by atoms with Crippen LogP contribution in [0.3, 0.4) is 0 Å². The molecule has 6 rings (SSSR count). The largest absolute Gasteiger partial charge is 0.481 e. The zero-order valence-electron chi connectivity index (χ0n) is 24.6. The van der Waals surface area contributed by atoms with E-state index in [0.29, 0.717) is 41.1 Å². The predicted molar refractivity (Wildman–Crippen MR) is 176 cm³/mol. The smallest absolute Gasteiger partial charge is 0.306 e. The van der Waals surface area contributed by atoms with Crippen LogP contribution in [0.25, 0.3) is 11.3 Å². The number of hydrogen-bond acceptors (Lipinski definition) is 6. The van der Waals surface area contributed by atoms with Crippen LogP contribution < -0.4 is 15.4 Å². The molecule has 0 atom stereocenters. The van der Waals surface area contributed by atoms with Crippen molar-refractivity contribution >= 4 is 50.2 Å². The van der Waals surface area contributed by atoms with E-state index in [1.54, 1.807) is 30.3 Å². The molecule has 0 aromatic heterocycles. The van der Waals surface area contributed by atoms with Gasteiger partial charge in [0.05, 0.1) is 22.1 Å². The van der Waals surface area contributed by atoms with Gasteiger partial charge in [-0.3, -0.25) is 14.3 Å². The zero-order chi connectivity index (χ0) is 31.4. The summed E-state index contributed by atoms with van der Waals surface area (Å²) >= 11 is 0. The number of carbonyl (C=O) groups excluding carboxylic acids is 1. The summed E-state index contributed by atoms with van der Waals surface area (Å²) in [5.41, 5.74) is 5.09. The van der Waals surface area contributed by atoms with E-state index in [-0.39, 0.29) is 16.7 Å². The number of fused-ring (bicyclic) bond motifs is 1. The molecule has 10 heteroatoms. The first-order chi connectivity index (χ1) is 21.8. The SMILES string of the molecule is O=C1Nc2ccc(S(=O)(=O)Nc3ccccc3)cc2/C1=C(/Nc1ccc(CCN2CCC(C(=O)O)CC2)cc1)c1ccccc1. The Kier molecular flexibility index (Phi) is 8.68. The predicted octanol–water partition coefficient (Wildman–Crippen LogP) is 5.76. The minimum Gasteiger partial charge on any atom is -0.481 e. The number of sulfonamides is 1. The van der Waals surface area contributed by atoms with Gasteiger partial charge in [0, 0.05) is 29.2 Å². The summed E-state index contributed by atoms with van der Waals surface area (Å²) in [6.45, 7) is 2.44. The van der Waals surface area contributed by atoms with Gasteiger partial charge in [-0.1, -0.05) is 60.7 Å². The number of nitrogens with one attached hydrogen (secondary N) is 3. The Bertz CT molecular complexity index is 1830. The topological polar surface area (TPSA) is 128 Å². The number of anilines is 3. The van der Waals surface area contributed by atoms with Gasteiger partial charge in [-0.25, -0.2) is 8.42 Å². The molecule has 0 spiro atoms. The Morgan fingerprint density at radius 2 is 1.53 bits per heavy atom. The van der Waals surface area contributed by atoms with Crippen molar-refractivity contribution in [2.45, 2.75) is 24.2 Å². The van der Waals surface area contributed by atoms with Gasteiger partial charge < -0.3 is 20.6 Å². The maximum Gasteiger partial charge on any atom is 0.306 e. The van der Waals surface area contributed by atoms with E-state index in [4.69, 9.17) is 0 Å². The number of aliphatic carboxylic acids is 1. The molecule has 230 valence electrons. The van der Waals surface area contributed by atoms with E-state index in [9.17, 15) is 23.1 Å². The van der Waals surface area contributed by atoms with Crippen molar-refractivity contribution < 1.29 is 23.1 Å². The molecular weight excluding hydrogens is 588 g/mol. The lowest BCUT2D eigenvalue weighted by Crippen LogP contribution is -2.37. The fraction of sp³-hybridized carbons (Fsp3) is 0.200. The Labute approximate surface area is 262 Å². The number of carbonyl (C=O) groups is 2. The fourth-order valence-electron chi connectivity index (χ4n) is 5.76. The number of hydrogen-bond donors (Lipinski definition) is 4. The highest BCUT2D eigenvalue weighted by molar-refractivity contribution is 7.92. The highest BCUT2D eigenvalue weighted by Crippen LogP contribution is 2.39. The molecular formula is C35H34N4O5S. The molecule has 2 aliphatic heterocycles. The van der Waals surface area contributed by atoms with Crippen LogP contribution in [0.1, 0.15) is 29.5 Å². The lowest BCUT2D eigenvalue weighted by Gasteiger charge is -2.29. The maximum atomic E-state index is 13.4. The second-order valence-electron chi connectivity index (χ2n) is 11.3. The number of nitrogens with zero attached hydrogens (tertiary/aromatic N) is 1. The molecule has 0 unspecified atom stereocenters. The van der Waals surface area contributed by atoms with E-state index in [1.165, 1.54) is 12.1 Å². The third-order valence-corrected chi connectivity index (χ3v) is 9.64. The molecule has 9 nitrogen and oxygen atoms in total. The Balaban J connectivity index is 1.25. The summed E-state index contributed by atoms with van der Waals surface area (Å²) in [6, 6.07) is 30.8. The molecule has 2 heterocycles. The van der Waals surface area contributed by atoms with Crippen molar-refractivity contribution in [1.29, 1.82) is 0 Å². The standard InChI is InChI=1S/C35H34N4O5S/c40-34-32(30-23-29(15-16-31(30)37-34)45(43,44)38-28-9-5-2-6-10-28)33(25-7-3-1-4-8-25)36-27-13-11-24(12-14-27)17-20-39-21-18-26(19-22-39)35(41)42/h1-16,23,26,36,38H,17-22H2,(H,37,40)(H,41,42)/b33-32-.